The van der Waals surface area contributed by atoms with Crippen molar-refractivity contribution in [3.05, 3.63) is 64.7 Å². The third kappa shape index (κ3) is 5.19. The lowest BCUT2D eigenvalue weighted by Gasteiger charge is -2.28. The molecule has 3 N–H and O–H groups in total. The number of benzene rings is 2. The number of amidine groups is 1. The molecule has 0 radical (unpaired) electrons. The van der Waals surface area contributed by atoms with Crippen molar-refractivity contribution in [1.29, 1.82) is 0 Å². The molecule has 6 nitrogen and oxygen atoms in total. The van der Waals surface area contributed by atoms with E-state index in [0.29, 0.717) is 17.9 Å². The zero-order chi connectivity index (χ0) is 25.4. The molecule has 182 valence electrons. The third-order valence-electron chi connectivity index (χ3n) is 6.41. The first kappa shape index (κ1) is 25.9. The number of primary amides is 1. The van der Waals surface area contributed by atoms with E-state index in [9.17, 15) is 14.7 Å². The van der Waals surface area contributed by atoms with Crippen molar-refractivity contribution in [2.24, 2.45) is 15.7 Å². The van der Waals surface area contributed by atoms with Gasteiger partial charge in [0.2, 0.25) is 5.91 Å². The number of rotatable bonds is 5. The fraction of sp³-hybridized carbons (Fsp3) is 0.444. The first-order chi connectivity index (χ1) is 15.8. The molecule has 0 bridgehead atoms. The Morgan fingerprint density at radius 1 is 1.06 bits per heavy atom. The van der Waals surface area contributed by atoms with Gasteiger partial charge in [-0.2, -0.15) is 4.02 Å². The van der Waals surface area contributed by atoms with E-state index in [1.54, 1.807) is 12.1 Å². The predicted molar refractivity (Wildman–Crippen MR) is 140 cm³/mol. The topological polar surface area (TPSA) is 96.0 Å². The second-order valence-corrected chi connectivity index (χ2v) is 11.4. The molecule has 3 rings (SSSR count). The Bertz CT molecular complexity index is 1080. The molecule has 1 aliphatic heterocycles. The molecule has 0 saturated carbocycles. The van der Waals surface area contributed by atoms with Crippen molar-refractivity contribution < 1.29 is 14.7 Å². The van der Waals surface area contributed by atoms with Crippen molar-refractivity contribution in [1.82, 2.24) is 4.90 Å². The number of nitrogens with zero attached hydrogens (tertiary/aromatic N) is 2. The van der Waals surface area contributed by atoms with Gasteiger partial charge in [-0.25, -0.2) is 0 Å². The van der Waals surface area contributed by atoms with Gasteiger partial charge in [0.05, 0.1) is 34.5 Å². The minimum absolute atomic E-state index is 0.0511. The average molecular weight is 528 g/mol. The van der Waals surface area contributed by atoms with Crippen molar-refractivity contribution in [3.63, 3.8) is 0 Å². The van der Waals surface area contributed by atoms with Gasteiger partial charge in [-0.15, -0.1) is 0 Å². The highest BCUT2D eigenvalue weighted by Gasteiger charge is 2.43. The highest BCUT2D eigenvalue weighted by molar-refractivity contribution is 9.08. The third-order valence-corrected chi connectivity index (χ3v) is 6.78. The number of Topliss-reactive ketones (excluding diaryl/α,β-unsaturated/α-hetero) is 1. The monoisotopic (exact) mass is 527 g/mol. The Morgan fingerprint density at radius 2 is 1.59 bits per heavy atom. The number of hydrogen-bond donors (Lipinski definition) is 2. The minimum atomic E-state index is -0.499. The summed E-state index contributed by atoms with van der Waals surface area (Å²) in [5, 5.41) is 11.0. The van der Waals surface area contributed by atoms with E-state index in [1.165, 1.54) is 0 Å². The van der Waals surface area contributed by atoms with Crippen LogP contribution in [0, 0.1) is 5.92 Å². The van der Waals surface area contributed by atoms with Crippen LogP contribution in [-0.2, 0) is 15.6 Å². The summed E-state index contributed by atoms with van der Waals surface area (Å²) < 4.78 is 4.29. The minimum Gasteiger partial charge on any atom is -0.507 e. The maximum Gasteiger partial charge on any atom is 0.223 e. The largest absolute Gasteiger partial charge is 0.507 e. The Balaban J connectivity index is 2.00. The zero-order valence-corrected chi connectivity index (χ0v) is 22.3. The molecule has 34 heavy (non-hydrogen) atoms. The summed E-state index contributed by atoms with van der Waals surface area (Å²) in [6.07, 6.45) is 0. The zero-order valence-electron chi connectivity index (χ0n) is 20.7. The van der Waals surface area contributed by atoms with Gasteiger partial charge in [0.25, 0.3) is 0 Å². The van der Waals surface area contributed by atoms with Crippen LogP contribution in [0.4, 0.5) is 0 Å². The fourth-order valence-electron chi connectivity index (χ4n) is 4.56. The molecule has 0 spiro atoms. The van der Waals surface area contributed by atoms with Gasteiger partial charge < -0.3 is 15.7 Å². The SMILES string of the molecule is CC(C)(C)c1cc(C(=O)CN2C[C@H](C(N)=O)[C@@H](c3ccccc3)/C2=N/Br)cc(C(C)(C)C)c1O. The van der Waals surface area contributed by atoms with Crippen LogP contribution in [0.3, 0.4) is 0 Å². The highest BCUT2D eigenvalue weighted by Crippen LogP contribution is 2.40. The maximum atomic E-state index is 13.5. The summed E-state index contributed by atoms with van der Waals surface area (Å²) in [6.45, 7) is 12.4. The van der Waals surface area contributed by atoms with Gasteiger partial charge in [0.1, 0.15) is 11.6 Å². The molecule has 0 unspecified atom stereocenters. The van der Waals surface area contributed by atoms with Gasteiger partial charge in [-0.3, -0.25) is 9.59 Å². The van der Waals surface area contributed by atoms with Gasteiger partial charge in [-0.1, -0.05) is 71.9 Å². The van der Waals surface area contributed by atoms with Crippen molar-refractivity contribution in [2.45, 2.75) is 58.3 Å². The lowest BCUT2D eigenvalue weighted by molar-refractivity contribution is -0.121. The van der Waals surface area contributed by atoms with Gasteiger partial charge in [-0.05, 0) is 28.5 Å². The normalized spacial score (nSPS) is 20.1. The molecule has 2 aromatic carbocycles. The average Bonchev–Trinajstić information content (AvgIpc) is 3.11. The fourth-order valence-corrected chi connectivity index (χ4v) is 5.01. The molecule has 1 amide bonds. The Morgan fingerprint density at radius 3 is 2.03 bits per heavy atom. The van der Waals surface area contributed by atoms with Gasteiger partial charge in [0.15, 0.2) is 5.78 Å². The van der Waals surface area contributed by atoms with Crippen LogP contribution in [0.2, 0.25) is 0 Å². The molecule has 1 heterocycles. The quantitative estimate of drug-likeness (QED) is 0.529. The Labute approximate surface area is 210 Å². The second-order valence-electron chi connectivity index (χ2n) is 11.1. The van der Waals surface area contributed by atoms with E-state index in [4.69, 9.17) is 5.73 Å². The number of amides is 1. The molecule has 2 aromatic rings. The molecule has 7 heteroatoms. The van der Waals surface area contributed by atoms with E-state index < -0.39 is 11.8 Å². The van der Waals surface area contributed by atoms with Crippen LogP contribution in [0.15, 0.2) is 46.5 Å². The summed E-state index contributed by atoms with van der Waals surface area (Å²) in [5.74, 6) is -0.524. The number of carbonyl (C=O) groups excluding carboxylic acids is 2. The molecule has 1 fully saturated rings. The molecule has 0 aliphatic carbocycles. The summed E-state index contributed by atoms with van der Waals surface area (Å²) in [4.78, 5) is 27.7. The van der Waals surface area contributed by atoms with E-state index in [0.717, 1.165) is 16.7 Å². The number of carbonyl (C=O) groups is 2. The van der Waals surface area contributed by atoms with Gasteiger partial charge >= 0.3 is 0 Å². The van der Waals surface area contributed by atoms with Crippen LogP contribution in [-0.4, -0.2) is 40.6 Å². The standard InChI is InChI=1S/C27H34BrN3O3/c1-26(2,3)19-12-17(13-20(23(19)33)27(4,5)6)21(32)15-31-14-18(24(29)34)22(25(31)30-28)16-10-8-7-9-11-16/h7-13,18,22,33H,14-15H2,1-6H3,(H2,29,34)/b30-25-/t18-,22+/m0/s1. The van der Waals surface area contributed by atoms with Crippen molar-refractivity contribution in [3.8, 4) is 5.75 Å². The van der Waals surface area contributed by atoms with Crippen LogP contribution >= 0.6 is 16.1 Å². The Kier molecular flexibility index (Phi) is 7.27. The molecular formula is C27H34BrN3O3. The van der Waals surface area contributed by atoms with E-state index >= 15 is 0 Å². The number of phenolic OH excluding ortho intramolecular Hbond substituents is 1. The number of hydrogen-bond acceptors (Lipinski definition) is 4. The van der Waals surface area contributed by atoms with Crippen LogP contribution in [0.5, 0.6) is 5.75 Å². The second kappa shape index (κ2) is 9.53. The van der Waals surface area contributed by atoms with Crippen molar-refractivity contribution >= 4 is 33.7 Å². The highest BCUT2D eigenvalue weighted by atomic mass is 79.9. The van der Waals surface area contributed by atoms with Crippen LogP contribution in [0.1, 0.15) is 74.5 Å². The molecule has 1 saturated heterocycles. The summed E-state index contributed by atoms with van der Waals surface area (Å²) in [5.41, 5.74) is 7.99. The summed E-state index contributed by atoms with van der Waals surface area (Å²) in [6, 6.07) is 13.2. The van der Waals surface area contributed by atoms with Crippen LogP contribution in [0.25, 0.3) is 0 Å². The number of aromatic hydroxyl groups is 1. The van der Waals surface area contributed by atoms with E-state index in [1.807, 2.05) is 76.8 Å². The van der Waals surface area contributed by atoms with Gasteiger partial charge in [0, 0.05) is 23.2 Å². The summed E-state index contributed by atoms with van der Waals surface area (Å²) >= 11 is 3.21. The molecular weight excluding hydrogens is 494 g/mol. The number of nitrogens with two attached hydrogens (primary N) is 1. The van der Waals surface area contributed by atoms with E-state index in [-0.39, 0.29) is 34.8 Å². The maximum absolute atomic E-state index is 13.5. The smallest absolute Gasteiger partial charge is 0.223 e. The van der Waals surface area contributed by atoms with E-state index in [2.05, 4.69) is 20.2 Å². The lowest BCUT2D eigenvalue weighted by atomic mass is 9.78. The first-order valence-corrected chi connectivity index (χ1v) is 12.2. The number of phenols is 1. The number of likely N-dealkylation sites (tertiary alicyclic amines) is 1. The molecule has 0 aromatic heterocycles. The summed E-state index contributed by atoms with van der Waals surface area (Å²) in [7, 11) is 0. The number of halogens is 1. The lowest BCUT2D eigenvalue weighted by Crippen LogP contribution is -2.33. The van der Waals surface area contributed by atoms with Crippen molar-refractivity contribution in [2.75, 3.05) is 13.1 Å². The molecule has 2 atom stereocenters. The molecule has 1 aliphatic rings. The Hall–Kier alpha value is -2.67. The predicted octanol–water partition coefficient (Wildman–Crippen LogP) is 5.08. The number of ketones is 1. The van der Waals surface area contributed by atoms with Crippen LogP contribution < -0.4 is 5.73 Å². The first-order valence-electron chi connectivity index (χ1n) is 11.4.